The molecule has 2 rings (SSSR count). The lowest BCUT2D eigenvalue weighted by molar-refractivity contribution is -0.139. The van der Waals surface area contributed by atoms with E-state index in [0.717, 1.165) is 17.5 Å². The highest BCUT2D eigenvalue weighted by molar-refractivity contribution is 5.87. The number of benzene rings is 2. The van der Waals surface area contributed by atoms with Gasteiger partial charge < -0.3 is 19.7 Å². The van der Waals surface area contributed by atoms with Gasteiger partial charge in [0.25, 0.3) is 0 Å². The fourth-order valence-corrected chi connectivity index (χ4v) is 3.40. The van der Waals surface area contributed by atoms with Gasteiger partial charge in [-0.2, -0.15) is 0 Å². The van der Waals surface area contributed by atoms with Crippen molar-refractivity contribution in [2.24, 2.45) is 0 Å². The third-order valence-corrected chi connectivity index (χ3v) is 5.28. The topological polar surface area (TPSA) is 67.9 Å². The second-order valence-electron chi connectivity index (χ2n) is 7.48. The first-order valence-corrected chi connectivity index (χ1v) is 10.8. The minimum atomic E-state index is -0.520. The molecule has 0 aromatic heterocycles. The van der Waals surface area contributed by atoms with Crippen molar-refractivity contribution in [3.8, 4) is 11.5 Å². The molecule has 1 atom stereocenters. The van der Waals surface area contributed by atoms with Gasteiger partial charge in [-0.15, -0.1) is 0 Å². The molecular formula is C25H34N2O4. The van der Waals surface area contributed by atoms with E-state index in [4.69, 9.17) is 9.47 Å². The van der Waals surface area contributed by atoms with Crippen LogP contribution in [0.4, 0.5) is 0 Å². The molecule has 6 nitrogen and oxygen atoms in total. The molecule has 2 aromatic rings. The van der Waals surface area contributed by atoms with Crippen LogP contribution < -0.4 is 14.8 Å². The monoisotopic (exact) mass is 426 g/mol. The lowest BCUT2D eigenvalue weighted by atomic mass is 10.1. The van der Waals surface area contributed by atoms with Gasteiger partial charge in [0.1, 0.15) is 6.04 Å². The van der Waals surface area contributed by atoms with Gasteiger partial charge in [0.15, 0.2) is 11.5 Å². The number of nitrogens with zero attached hydrogens (tertiary/aromatic N) is 1. The minimum absolute atomic E-state index is 0.0372. The first-order chi connectivity index (χ1) is 15.0. The Bertz CT molecular complexity index is 839. The summed E-state index contributed by atoms with van der Waals surface area (Å²) in [4.78, 5) is 27.4. The Kier molecular flexibility index (Phi) is 9.88. The predicted octanol–water partition coefficient (Wildman–Crippen LogP) is 3.62. The fourth-order valence-electron chi connectivity index (χ4n) is 3.40. The molecule has 2 aromatic carbocycles. The summed E-state index contributed by atoms with van der Waals surface area (Å²) in [5.41, 5.74) is 2.12. The van der Waals surface area contributed by atoms with E-state index in [1.807, 2.05) is 55.5 Å². The molecule has 0 aliphatic carbocycles. The quantitative estimate of drug-likeness (QED) is 0.563. The first-order valence-electron chi connectivity index (χ1n) is 10.8. The molecule has 0 unspecified atom stereocenters. The van der Waals surface area contributed by atoms with Gasteiger partial charge in [-0.05, 0) is 49.4 Å². The maximum Gasteiger partial charge on any atom is 0.242 e. The van der Waals surface area contributed by atoms with Crippen LogP contribution in [0.3, 0.4) is 0 Å². The summed E-state index contributed by atoms with van der Waals surface area (Å²) >= 11 is 0. The number of carbonyl (C=O) groups excluding carboxylic acids is 2. The Morgan fingerprint density at radius 1 is 0.968 bits per heavy atom. The van der Waals surface area contributed by atoms with Crippen molar-refractivity contribution in [1.82, 2.24) is 10.2 Å². The van der Waals surface area contributed by atoms with Crippen molar-refractivity contribution in [2.45, 2.75) is 45.6 Å². The van der Waals surface area contributed by atoms with Crippen molar-refractivity contribution in [1.29, 1.82) is 0 Å². The number of hydrogen-bond acceptors (Lipinski definition) is 4. The number of aryl methyl sites for hydroxylation is 1. The molecule has 0 heterocycles. The van der Waals surface area contributed by atoms with Gasteiger partial charge in [-0.1, -0.05) is 43.3 Å². The molecule has 0 fully saturated rings. The maximum atomic E-state index is 13.1. The molecule has 1 N–H and O–H groups in total. The molecule has 31 heavy (non-hydrogen) atoms. The Morgan fingerprint density at radius 2 is 1.68 bits per heavy atom. The Balaban J connectivity index is 2.08. The molecule has 168 valence electrons. The highest BCUT2D eigenvalue weighted by Gasteiger charge is 2.25. The van der Waals surface area contributed by atoms with E-state index in [0.29, 0.717) is 43.9 Å². The molecule has 0 saturated heterocycles. The fraction of sp³-hybridized carbons (Fsp3) is 0.440. The zero-order valence-corrected chi connectivity index (χ0v) is 19.0. The number of carbonyl (C=O) groups is 2. The van der Waals surface area contributed by atoms with Gasteiger partial charge in [0, 0.05) is 19.5 Å². The third kappa shape index (κ3) is 7.31. The van der Waals surface area contributed by atoms with E-state index in [-0.39, 0.29) is 11.8 Å². The minimum Gasteiger partial charge on any atom is -0.493 e. The van der Waals surface area contributed by atoms with Crippen LogP contribution in [0.2, 0.25) is 0 Å². The molecule has 0 aliphatic heterocycles. The van der Waals surface area contributed by atoms with Crippen molar-refractivity contribution in [3.63, 3.8) is 0 Å². The van der Waals surface area contributed by atoms with Crippen LogP contribution in [0.25, 0.3) is 0 Å². The van der Waals surface area contributed by atoms with E-state index in [1.165, 1.54) is 0 Å². The summed E-state index contributed by atoms with van der Waals surface area (Å²) in [5.74, 6) is 1.14. The van der Waals surface area contributed by atoms with Crippen molar-refractivity contribution in [3.05, 3.63) is 59.7 Å². The molecule has 2 amide bonds. The smallest absolute Gasteiger partial charge is 0.242 e. The van der Waals surface area contributed by atoms with Gasteiger partial charge in [-0.25, -0.2) is 0 Å². The summed E-state index contributed by atoms with van der Waals surface area (Å²) in [6.07, 6.45) is 2.43. The Labute approximate surface area is 185 Å². The highest BCUT2D eigenvalue weighted by Crippen LogP contribution is 2.28. The Hall–Kier alpha value is -3.02. The average molecular weight is 427 g/mol. The molecule has 0 saturated carbocycles. The summed E-state index contributed by atoms with van der Waals surface area (Å²) in [6, 6.07) is 15.1. The lowest BCUT2D eigenvalue weighted by Gasteiger charge is -2.29. The van der Waals surface area contributed by atoms with Crippen LogP contribution in [0.15, 0.2) is 48.5 Å². The van der Waals surface area contributed by atoms with Crippen LogP contribution >= 0.6 is 0 Å². The number of hydrogen-bond donors (Lipinski definition) is 1. The molecule has 6 heteroatoms. The number of methoxy groups -OCH3 is 2. The standard InChI is InChI=1S/C25H34N2O4/c1-5-16-26-25(29)19(2)27(17-15-20-9-7-6-8-10-20)24(28)14-12-21-11-13-22(30-3)23(18-21)31-4/h6-11,13,18-19H,5,12,14-17H2,1-4H3,(H,26,29)/t19-/m1/s1. The van der Waals surface area contributed by atoms with E-state index in [2.05, 4.69) is 5.32 Å². The van der Waals surface area contributed by atoms with Crippen LogP contribution in [0, 0.1) is 0 Å². The summed E-state index contributed by atoms with van der Waals surface area (Å²) in [5, 5.41) is 2.90. The van der Waals surface area contributed by atoms with E-state index < -0.39 is 6.04 Å². The van der Waals surface area contributed by atoms with Crippen LogP contribution in [-0.4, -0.2) is 50.1 Å². The van der Waals surface area contributed by atoms with Crippen LogP contribution in [0.5, 0.6) is 11.5 Å². The number of rotatable bonds is 12. The van der Waals surface area contributed by atoms with Gasteiger partial charge in [0.05, 0.1) is 14.2 Å². The second-order valence-corrected chi connectivity index (χ2v) is 7.48. The zero-order valence-electron chi connectivity index (χ0n) is 19.0. The molecule has 0 radical (unpaired) electrons. The lowest BCUT2D eigenvalue weighted by Crippen LogP contribution is -2.49. The average Bonchev–Trinajstić information content (AvgIpc) is 2.81. The summed E-state index contributed by atoms with van der Waals surface area (Å²) < 4.78 is 10.6. The summed E-state index contributed by atoms with van der Waals surface area (Å²) in [7, 11) is 3.19. The summed E-state index contributed by atoms with van der Waals surface area (Å²) in [6.45, 7) is 4.90. The first kappa shape index (κ1) is 24.3. The number of amides is 2. The number of nitrogens with one attached hydrogen (secondary N) is 1. The van der Waals surface area contributed by atoms with Gasteiger partial charge in [0.2, 0.25) is 11.8 Å². The van der Waals surface area contributed by atoms with Crippen molar-refractivity contribution in [2.75, 3.05) is 27.3 Å². The largest absolute Gasteiger partial charge is 0.493 e. The van der Waals surface area contributed by atoms with Gasteiger partial charge in [-0.3, -0.25) is 9.59 Å². The molecule has 0 spiro atoms. The van der Waals surface area contributed by atoms with E-state index in [1.54, 1.807) is 26.0 Å². The normalized spacial score (nSPS) is 11.5. The number of ether oxygens (including phenoxy) is 2. The molecule has 0 aliphatic rings. The predicted molar refractivity (Wildman–Crippen MR) is 122 cm³/mol. The zero-order chi connectivity index (χ0) is 22.6. The molecule has 0 bridgehead atoms. The third-order valence-electron chi connectivity index (χ3n) is 5.28. The van der Waals surface area contributed by atoms with Crippen molar-refractivity contribution < 1.29 is 19.1 Å². The van der Waals surface area contributed by atoms with Crippen LogP contribution in [0.1, 0.15) is 37.8 Å². The van der Waals surface area contributed by atoms with Gasteiger partial charge >= 0.3 is 0 Å². The molecular weight excluding hydrogens is 392 g/mol. The highest BCUT2D eigenvalue weighted by atomic mass is 16.5. The van der Waals surface area contributed by atoms with E-state index in [9.17, 15) is 9.59 Å². The maximum absolute atomic E-state index is 13.1. The van der Waals surface area contributed by atoms with Crippen LogP contribution in [-0.2, 0) is 22.4 Å². The van der Waals surface area contributed by atoms with E-state index >= 15 is 0 Å². The SMILES string of the molecule is CCCNC(=O)[C@@H](C)N(CCc1ccccc1)C(=O)CCc1ccc(OC)c(OC)c1. The second kappa shape index (κ2) is 12.6. The van der Waals surface area contributed by atoms with Crippen molar-refractivity contribution >= 4 is 11.8 Å². The Morgan fingerprint density at radius 3 is 2.32 bits per heavy atom.